The summed E-state index contributed by atoms with van der Waals surface area (Å²) in [4.78, 5) is 49.3. The van der Waals surface area contributed by atoms with Crippen LogP contribution in [0.2, 0.25) is 0 Å². The van der Waals surface area contributed by atoms with Crippen LogP contribution in [-0.4, -0.2) is 78.9 Å². The SMILES string of the molecule is O=C(O)C(F)(F)F.O=C1CCC(N2Cc3cc(-n4cc(CN5CCCCC5)nn4)ccc3C2=O)C(=O)N1. The van der Waals surface area contributed by atoms with Gasteiger partial charge in [-0.2, -0.15) is 13.2 Å². The van der Waals surface area contributed by atoms with Crippen LogP contribution >= 0.6 is 0 Å². The highest BCUT2D eigenvalue weighted by Crippen LogP contribution is 2.29. The van der Waals surface area contributed by atoms with Crippen molar-refractivity contribution in [2.45, 2.75) is 57.4 Å². The second kappa shape index (κ2) is 10.7. The second-order valence-electron chi connectivity index (χ2n) is 9.04. The fourth-order valence-corrected chi connectivity index (χ4v) is 4.55. The molecule has 1 unspecified atom stereocenters. The van der Waals surface area contributed by atoms with Gasteiger partial charge in [-0.05, 0) is 56.1 Å². The van der Waals surface area contributed by atoms with Crippen LogP contribution in [-0.2, 0) is 27.5 Å². The van der Waals surface area contributed by atoms with Crippen molar-refractivity contribution in [2.24, 2.45) is 0 Å². The molecule has 2 N–H and O–H groups in total. The third kappa shape index (κ3) is 6.13. The van der Waals surface area contributed by atoms with Crippen LogP contribution in [0.15, 0.2) is 24.4 Å². The van der Waals surface area contributed by atoms with E-state index in [0.29, 0.717) is 18.5 Å². The van der Waals surface area contributed by atoms with E-state index in [1.807, 2.05) is 18.3 Å². The molecule has 2 fully saturated rings. The van der Waals surface area contributed by atoms with Crippen LogP contribution in [0.5, 0.6) is 0 Å². The van der Waals surface area contributed by atoms with E-state index in [1.165, 1.54) is 19.3 Å². The normalized spacial score (nSPS) is 20.2. The standard InChI is InChI=1S/C21H24N6O3.C2HF3O2/c28-19-7-6-18(20(29)22-19)26-11-14-10-16(4-5-17(14)21(26)30)27-13-15(23-24-27)12-25-8-2-1-3-9-25;3-2(4,5)1(6)7/h4-5,10,13,18H,1-3,6-9,11-12H2,(H,22,28,29);(H,6,7). The van der Waals surface area contributed by atoms with Crippen molar-refractivity contribution in [3.05, 3.63) is 41.2 Å². The molecule has 37 heavy (non-hydrogen) atoms. The number of amides is 3. The Bertz CT molecular complexity index is 1210. The molecule has 198 valence electrons. The lowest BCUT2D eigenvalue weighted by atomic mass is 10.0. The Morgan fingerprint density at radius 3 is 2.49 bits per heavy atom. The number of carbonyl (C=O) groups excluding carboxylic acids is 3. The van der Waals surface area contributed by atoms with Gasteiger partial charge < -0.3 is 10.0 Å². The summed E-state index contributed by atoms with van der Waals surface area (Å²) in [7, 11) is 0. The van der Waals surface area contributed by atoms with Crippen molar-refractivity contribution >= 4 is 23.7 Å². The molecule has 0 saturated carbocycles. The van der Waals surface area contributed by atoms with E-state index in [2.05, 4.69) is 20.5 Å². The minimum Gasteiger partial charge on any atom is -0.475 e. The van der Waals surface area contributed by atoms with Gasteiger partial charge in [0.2, 0.25) is 11.8 Å². The van der Waals surface area contributed by atoms with Crippen molar-refractivity contribution in [2.75, 3.05) is 13.1 Å². The van der Waals surface area contributed by atoms with E-state index in [9.17, 15) is 27.6 Å². The van der Waals surface area contributed by atoms with Crippen LogP contribution < -0.4 is 5.32 Å². The lowest BCUT2D eigenvalue weighted by Gasteiger charge is -2.29. The molecular weight excluding hydrogens is 497 g/mol. The van der Waals surface area contributed by atoms with Gasteiger partial charge in [0.25, 0.3) is 5.91 Å². The maximum atomic E-state index is 12.8. The van der Waals surface area contributed by atoms with Gasteiger partial charge in [-0.25, -0.2) is 9.48 Å². The summed E-state index contributed by atoms with van der Waals surface area (Å²) in [5.41, 5.74) is 3.22. The lowest BCUT2D eigenvalue weighted by molar-refractivity contribution is -0.192. The summed E-state index contributed by atoms with van der Waals surface area (Å²) >= 11 is 0. The van der Waals surface area contributed by atoms with E-state index in [4.69, 9.17) is 9.90 Å². The van der Waals surface area contributed by atoms with Crippen LogP contribution in [0.1, 0.15) is 53.7 Å². The topological polar surface area (TPSA) is 138 Å². The fraction of sp³-hybridized carbons (Fsp3) is 0.478. The number of imide groups is 1. The Balaban J connectivity index is 0.000000405. The predicted molar refractivity (Wildman–Crippen MR) is 120 cm³/mol. The molecule has 0 spiro atoms. The summed E-state index contributed by atoms with van der Waals surface area (Å²) in [6.07, 6.45) is 1.23. The smallest absolute Gasteiger partial charge is 0.475 e. The first kappa shape index (κ1) is 26.3. The van der Waals surface area contributed by atoms with Crippen molar-refractivity contribution < 1.29 is 37.5 Å². The van der Waals surface area contributed by atoms with E-state index in [-0.39, 0.29) is 18.2 Å². The highest BCUT2D eigenvalue weighted by atomic mass is 19.4. The second-order valence-corrected chi connectivity index (χ2v) is 9.04. The van der Waals surface area contributed by atoms with E-state index < -0.39 is 24.1 Å². The minimum absolute atomic E-state index is 0.171. The lowest BCUT2D eigenvalue weighted by Crippen LogP contribution is -2.52. The van der Waals surface area contributed by atoms with E-state index in [0.717, 1.165) is 36.6 Å². The maximum Gasteiger partial charge on any atom is 0.490 e. The highest BCUT2D eigenvalue weighted by Gasteiger charge is 2.39. The number of hydrogen-bond donors (Lipinski definition) is 2. The molecule has 3 aliphatic rings. The largest absolute Gasteiger partial charge is 0.490 e. The predicted octanol–water partition coefficient (Wildman–Crippen LogP) is 1.65. The van der Waals surface area contributed by atoms with Crippen LogP contribution in [0.25, 0.3) is 5.69 Å². The molecule has 4 heterocycles. The molecule has 0 aliphatic carbocycles. The average molecular weight is 522 g/mol. The number of fused-ring (bicyclic) bond motifs is 1. The minimum atomic E-state index is -5.08. The number of rotatable bonds is 4. The number of nitrogens with one attached hydrogen (secondary N) is 1. The number of nitrogens with zero attached hydrogens (tertiary/aromatic N) is 5. The van der Waals surface area contributed by atoms with Crippen LogP contribution in [0.3, 0.4) is 0 Å². The monoisotopic (exact) mass is 522 g/mol. The van der Waals surface area contributed by atoms with Gasteiger partial charge in [-0.15, -0.1) is 5.10 Å². The number of aromatic nitrogens is 3. The Morgan fingerprint density at radius 2 is 1.84 bits per heavy atom. The number of piperidine rings is 2. The quantitative estimate of drug-likeness (QED) is 0.579. The molecule has 1 aromatic carbocycles. The van der Waals surface area contributed by atoms with Gasteiger partial charge in [-0.1, -0.05) is 11.6 Å². The van der Waals surface area contributed by atoms with Crippen molar-refractivity contribution in [1.82, 2.24) is 30.1 Å². The van der Waals surface area contributed by atoms with Gasteiger partial charge in [0.05, 0.1) is 17.6 Å². The molecule has 3 aliphatic heterocycles. The third-order valence-corrected chi connectivity index (χ3v) is 6.39. The summed E-state index contributed by atoms with van der Waals surface area (Å²) in [6.45, 7) is 3.35. The molecule has 3 amide bonds. The number of benzene rings is 1. The summed E-state index contributed by atoms with van der Waals surface area (Å²) in [5, 5.41) is 18.0. The van der Waals surface area contributed by atoms with Crippen molar-refractivity contribution in [3.8, 4) is 5.69 Å². The van der Waals surface area contributed by atoms with Crippen molar-refractivity contribution in [1.29, 1.82) is 0 Å². The summed E-state index contributed by atoms with van der Waals surface area (Å²) < 4.78 is 33.5. The molecule has 1 aromatic heterocycles. The van der Waals surface area contributed by atoms with E-state index in [1.54, 1.807) is 15.6 Å². The molecule has 5 rings (SSSR count). The zero-order valence-corrected chi connectivity index (χ0v) is 19.7. The zero-order chi connectivity index (χ0) is 26.7. The number of carbonyl (C=O) groups is 4. The fourth-order valence-electron chi connectivity index (χ4n) is 4.55. The van der Waals surface area contributed by atoms with E-state index >= 15 is 0 Å². The maximum absolute atomic E-state index is 12.8. The molecule has 1 atom stereocenters. The molecular formula is C23H25F3N6O5. The Labute approximate surface area is 209 Å². The zero-order valence-electron chi connectivity index (χ0n) is 19.7. The Morgan fingerprint density at radius 1 is 1.14 bits per heavy atom. The molecule has 2 aromatic rings. The number of halogens is 3. The first-order valence-corrected chi connectivity index (χ1v) is 11.7. The first-order valence-electron chi connectivity index (χ1n) is 11.7. The molecule has 2 saturated heterocycles. The molecule has 0 radical (unpaired) electrons. The first-order chi connectivity index (χ1) is 17.5. The number of alkyl halides is 3. The van der Waals surface area contributed by atoms with Gasteiger partial charge in [-0.3, -0.25) is 24.6 Å². The number of aliphatic carboxylic acids is 1. The Kier molecular flexibility index (Phi) is 7.57. The van der Waals surface area contributed by atoms with Gasteiger partial charge in [0.1, 0.15) is 6.04 Å². The number of carboxylic acid groups (broad SMARTS) is 1. The average Bonchev–Trinajstić information content (AvgIpc) is 3.44. The number of carboxylic acids is 1. The summed E-state index contributed by atoms with van der Waals surface area (Å²) in [5.74, 6) is -3.61. The van der Waals surface area contributed by atoms with Crippen molar-refractivity contribution in [3.63, 3.8) is 0 Å². The molecule has 0 bridgehead atoms. The van der Waals surface area contributed by atoms with Gasteiger partial charge in [0, 0.05) is 25.1 Å². The summed E-state index contributed by atoms with van der Waals surface area (Å²) in [6, 6.07) is 4.96. The van der Waals surface area contributed by atoms with Gasteiger partial charge >= 0.3 is 12.1 Å². The Hall–Kier alpha value is -3.81. The molecule has 14 heteroatoms. The third-order valence-electron chi connectivity index (χ3n) is 6.39. The van der Waals surface area contributed by atoms with Crippen LogP contribution in [0, 0.1) is 0 Å². The number of hydrogen-bond acceptors (Lipinski definition) is 7. The van der Waals surface area contributed by atoms with Crippen LogP contribution in [0.4, 0.5) is 13.2 Å². The molecule has 11 nitrogen and oxygen atoms in total. The van der Waals surface area contributed by atoms with Gasteiger partial charge in [0.15, 0.2) is 0 Å². The highest BCUT2D eigenvalue weighted by molar-refractivity contribution is 6.05. The number of likely N-dealkylation sites (tertiary alicyclic amines) is 1.